The van der Waals surface area contributed by atoms with Crippen LogP contribution in [-0.4, -0.2) is 20.3 Å². The molecule has 1 fully saturated rings. The second-order valence-electron chi connectivity index (χ2n) is 6.38. The molecule has 4 heteroatoms. The van der Waals surface area contributed by atoms with E-state index in [0.717, 1.165) is 25.5 Å². The van der Waals surface area contributed by atoms with Crippen LogP contribution in [0.2, 0.25) is 0 Å². The van der Waals surface area contributed by atoms with Crippen LogP contribution in [0.3, 0.4) is 0 Å². The van der Waals surface area contributed by atoms with Crippen LogP contribution in [-0.2, 0) is 14.3 Å². The highest BCUT2D eigenvalue weighted by atomic mass is 32.2. The first-order chi connectivity index (χ1) is 6.91. The molecule has 1 atom stereocenters. The maximum absolute atomic E-state index is 11.4. The SMILES string of the molecule is CC1(C)CCCC(C)(OS(C)(=O)=O)C1(C)C. The molecule has 1 aliphatic carbocycles. The van der Waals surface area contributed by atoms with Crippen molar-refractivity contribution in [3.63, 3.8) is 0 Å². The number of hydrogen-bond acceptors (Lipinski definition) is 3. The van der Waals surface area contributed by atoms with E-state index in [-0.39, 0.29) is 10.8 Å². The van der Waals surface area contributed by atoms with Crippen molar-refractivity contribution in [3.8, 4) is 0 Å². The van der Waals surface area contributed by atoms with Crippen molar-refractivity contribution in [1.29, 1.82) is 0 Å². The summed E-state index contributed by atoms with van der Waals surface area (Å²) in [6.45, 7) is 10.5. The highest BCUT2D eigenvalue weighted by Crippen LogP contribution is 2.56. The topological polar surface area (TPSA) is 43.4 Å². The normalized spacial score (nSPS) is 33.6. The maximum Gasteiger partial charge on any atom is 0.264 e. The molecule has 0 aromatic heterocycles. The van der Waals surface area contributed by atoms with Crippen LogP contribution in [0.4, 0.5) is 0 Å². The van der Waals surface area contributed by atoms with E-state index in [1.807, 2.05) is 6.92 Å². The first-order valence-electron chi connectivity index (χ1n) is 5.82. The molecule has 1 unspecified atom stereocenters. The predicted molar refractivity (Wildman–Crippen MR) is 65.7 cm³/mol. The van der Waals surface area contributed by atoms with Crippen molar-refractivity contribution in [2.75, 3.05) is 6.26 Å². The first-order valence-corrected chi connectivity index (χ1v) is 7.64. The van der Waals surface area contributed by atoms with Gasteiger partial charge in [0.05, 0.1) is 11.9 Å². The molecular weight excluding hydrogens is 224 g/mol. The molecule has 3 nitrogen and oxygen atoms in total. The van der Waals surface area contributed by atoms with Gasteiger partial charge in [0.25, 0.3) is 10.1 Å². The van der Waals surface area contributed by atoms with E-state index in [2.05, 4.69) is 27.7 Å². The van der Waals surface area contributed by atoms with Gasteiger partial charge in [-0.15, -0.1) is 0 Å². The Balaban J connectivity index is 3.12. The van der Waals surface area contributed by atoms with E-state index in [4.69, 9.17) is 4.18 Å². The third-order valence-corrected chi connectivity index (χ3v) is 5.48. The minimum absolute atomic E-state index is 0.0880. The molecule has 0 saturated heterocycles. The summed E-state index contributed by atoms with van der Waals surface area (Å²) in [5.74, 6) is 0. The lowest BCUT2D eigenvalue weighted by atomic mass is 9.53. The molecule has 1 aliphatic rings. The highest BCUT2D eigenvalue weighted by molar-refractivity contribution is 7.86. The van der Waals surface area contributed by atoms with Crippen LogP contribution in [0.5, 0.6) is 0 Å². The zero-order valence-corrected chi connectivity index (χ0v) is 12.1. The van der Waals surface area contributed by atoms with E-state index in [9.17, 15) is 8.42 Å². The Morgan fingerprint density at radius 1 is 1.00 bits per heavy atom. The molecule has 0 amide bonds. The van der Waals surface area contributed by atoms with Gasteiger partial charge >= 0.3 is 0 Å². The molecule has 0 spiro atoms. The van der Waals surface area contributed by atoms with Crippen LogP contribution in [0.25, 0.3) is 0 Å². The fourth-order valence-corrected chi connectivity index (χ4v) is 3.65. The molecule has 0 radical (unpaired) electrons. The number of hydrogen-bond donors (Lipinski definition) is 0. The van der Waals surface area contributed by atoms with E-state index in [1.54, 1.807) is 0 Å². The van der Waals surface area contributed by atoms with E-state index < -0.39 is 15.7 Å². The summed E-state index contributed by atoms with van der Waals surface area (Å²) in [6.07, 6.45) is 4.07. The zero-order chi connectivity index (χ0) is 12.8. The molecule has 1 rings (SSSR count). The molecule has 0 N–H and O–H groups in total. The fraction of sp³-hybridized carbons (Fsp3) is 1.00. The van der Waals surface area contributed by atoms with Crippen molar-refractivity contribution < 1.29 is 12.6 Å². The Morgan fingerprint density at radius 3 is 1.94 bits per heavy atom. The van der Waals surface area contributed by atoms with Gasteiger partial charge in [0.2, 0.25) is 0 Å². The maximum atomic E-state index is 11.4. The molecule has 0 bridgehead atoms. The van der Waals surface area contributed by atoms with Gasteiger partial charge in [0.1, 0.15) is 0 Å². The van der Waals surface area contributed by atoms with E-state index >= 15 is 0 Å². The first kappa shape index (κ1) is 14.0. The van der Waals surface area contributed by atoms with Crippen LogP contribution in [0.15, 0.2) is 0 Å². The Kier molecular flexibility index (Phi) is 3.23. The van der Waals surface area contributed by atoms with Gasteiger partial charge in [0.15, 0.2) is 0 Å². The van der Waals surface area contributed by atoms with Gasteiger partial charge < -0.3 is 0 Å². The van der Waals surface area contributed by atoms with Gasteiger partial charge in [0, 0.05) is 5.41 Å². The van der Waals surface area contributed by atoms with Crippen LogP contribution in [0.1, 0.15) is 53.9 Å². The van der Waals surface area contributed by atoms with Crippen molar-refractivity contribution in [1.82, 2.24) is 0 Å². The van der Waals surface area contributed by atoms with E-state index in [0.29, 0.717) is 0 Å². The molecule has 16 heavy (non-hydrogen) atoms. The predicted octanol–water partition coefficient (Wildman–Crippen LogP) is 2.96. The lowest BCUT2D eigenvalue weighted by Gasteiger charge is -2.56. The van der Waals surface area contributed by atoms with Crippen LogP contribution >= 0.6 is 0 Å². The summed E-state index contributed by atoms with van der Waals surface area (Å²) in [4.78, 5) is 0. The average Bonchev–Trinajstić information content (AvgIpc) is 1.97. The minimum atomic E-state index is -3.40. The molecule has 1 saturated carbocycles. The average molecular weight is 248 g/mol. The summed E-state index contributed by atoms with van der Waals surface area (Å²) in [7, 11) is -3.40. The standard InChI is InChI=1S/C12H24O3S/c1-10(2)8-7-9-12(5,11(10,3)4)15-16(6,13)14/h7-9H2,1-6H3. The molecule has 96 valence electrons. The lowest BCUT2D eigenvalue weighted by molar-refractivity contribution is -0.125. The van der Waals surface area contributed by atoms with Gasteiger partial charge in [-0.3, -0.25) is 4.18 Å². The summed E-state index contributed by atoms with van der Waals surface area (Å²) in [6, 6.07) is 0. The summed E-state index contributed by atoms with van der Waals surface area (Å²) >= 11 is 0. The lowest BCUT2D eigenvalue weighted by Crippen LogP contribution is -2.56. The quantitative estimate of drug-likeness (QED) is 0.706. The molecule has 0 aromatic carbocycles. The number of rotatable bonds is 2. The Hall–Kier alpha value is -0.0900. The Labute approximate surface area is 99.7 Å². The van der Waals surface area contributed by atoms with Crippen molar-refractivity contribution in [2.24, 2.45) is 10.8 Å². The Bertz CT molecular complexity index is 368. The smallest absolute Gasteiger partial charge is 0.263 e. The molecule has 0 aromatic rings. The summed E-state index contributed by atoms with van der Waals surface area (Å²) in [5.41, 5.74) is -0.672. The highest BCUT2D eigenvalue weighted by Gasteiger charge is 2.55. The molecular formula is C12H24O3S. The zero-order valence-electron chi connectivity index (χ0n) is 11.3. The second-order valence-corrected chi connectivity index (χ2v) is 7.96. The van der Waals surface area contributed by atoms with Crippen molar-refractivity contribution in [3.05, 3.63) is 0 Å². The van der Waals surface area contributed by atoms with Gasteiger partial charge in [-0.2, -0.15) is 8.42 Å². The van der Waals surface area contributed by atoms with Gasteiger partial charge in [-0.1, -0.05) is 27.7 Å². The fourth-order valence-electron chi connectivity index (χ4n) is 2.69. The van der Waals surface area contributed by atoms with Crippen LogP contribution in [0, 0.1) is 10.8 Å². The monoisotopic (exact) mass is 248 g/mol. The van der Waals surface area contributed by atoms with Crippen molar-refractivity contribution >= 4 is 10.1 Å². The summed E-state index contributed by atoms with van der Waals surface area (Å²) < 4.78 is 28.2. The van der Waals surface area contributed by atoms with Crippen molar-refractivity contribution in [2.45, 2.75) is 59.5 Å². The molecule has 0 heterocycles. The van der Waals surface area contributed by atoms with Crippen LogP contribution < -0.4 is 0 Å². The molecule has 0 aliphatic heterocycles. The Morgan fingerprint density at radius 2 is 1.50 bits per heavy atom. The van der Waals surface area contributed by atoms with Gasteiger partial charge in [-0.25, -0.2) is 0 Å². The van der Waals surface area contributed by atoms with Gasteiger partial charge in [-0.05, 0) is 31.6 Å². The largest absolute Gasteiger partial charge is 0.264 e. The third kappa shape index (κ3) is 2.28. The summed E-state index contributed by atoms with van der Waals surface area (Å²) in [5, 5.41) is 0. The third-order valence-electron chi connectivity index (χ3n) is 4.80. The van der Waals surface area contributed by atoms with E-state index in [1.165, 1.54) is 0 Å². The second kappa shape index (κ2) is 3.70. The minimum Gasteiger partial charge on any atom is -0.263 e.